The minimum Gasteiger partial charge on any atom is -0.383 e. The number of amides is 1. The Morgan fingerprint density at radius 3 is 2.96 bits per heavy atom. The summed E-state index contributed by atoms with van der Waals surface area (Å²) >= 11 is 1.36. The second kappa shape index (κ2) is 8.62. The zero-order valence-corrected chi connectivity index (χ0v) is 16.7. The summed E-state index contributed by atoms with van der Waals surface area (Å²) in [6.07, 6.45) is 3.38. The maximum Gasteiger partial charge on any atom is 0.269 e. The van der Waals surface area contributed by atoms with Crippen molar-refractivity contribution < 1.29 is 9.53 Å². The third-order valence-electron chi connectivity index (χ3n) is 4.85. The summed E-state index contributed by atoms with van der Waals surface area (Å²) in [5, 5.41) is 4.38. The van der Waals surface area contributed by atoms with Gasteiger partial charge in [-0.05, 0) is 19.8 Å². The third-order valence-corrected chi connectivity index (χ3v) is 5.77. The van der Waals surface area contributed by atoms with Crippen molar-refractivity contribution in [3.63, 3.8) is 0 Å². The Hall–Kier alpha value is -2.26. The fourth-order valence-corrected chi connectivity index (χ4v) is 4.01. The Kier molecular flexibility index (Phi) is 6.22. The van der Waals surface area contributed by atoms with E-state index in [1.54, 1.807) is 29.8 Å². The zero-order chi connectivity index (χ0) is 19.4. The highest BCUT2D eigenvalue weighted by Gasteiger charge is 2.28. The van der Waals surface area contributed by atoms with Crippen LogP contribution in [0.25, 0.3) is 0 Å². The maximum atomic E-state index is 12.8. The largest absolute Gasteiger partial charge is 0.383 e. The highest BCUT2D eigenvalue weighted by atomic mass is 32.1. The highest BCUT2D eigenvalue weighted by Crippen LogP contribution is 2.23. The smallest absolute Gasteiger partial charge is 0.269 e. The van der Waals surface area contributed by atoms with Crippen molar-refractivity contribution in [3.05, 3.63) is 38.7 Å². The Bertz CT molecular complexity index is 850. The van der Waals surface area contributed by atoms with Crippen molar-refractivity contribution in [2.24, 2.45) is 0 Å². The van der Waals surface area contributed by atoms with Crippen molar-refractivity contribution >= 4 is 22.9 Å². The molecule has 0 radical (unpaired) electrons. The molecule has 27 heavy (non-hydrogen) atoms. The SMILES string of the molecule is COCCN(C)c1cnn(C2CCCN(C(=O)c3scnc3C)C2)c(=O)c1. The summed E-state index contributed by atoms with van der Waals surface area (Å²) in [4.78, 5) is 33.9. The van der Waals surface area contributed by atoms with Crippen LogP contribution in [0.1, 0.15) is 34.2 Å². The van der Waals surface area contributed by atoms with Crippen molar-refractivity contribution in [3.8, 4) is 0 Å². The van der Waals surface area contributed by atoms with Crippen LogP contribution in [0.3, 0.4) is 0 Å². The first-order chi connectivity index (χ1) is 13.0. The van der Waals surface area contributed by atoms with Crippen molar-refractivity contribution in [2.45, 2.75) is 25.8 Å². The van der Waals surface area contributed by atoms with Crippen LogP contribution in [0.5, 0.6) is 0 Å². The molecule has 1 unspecified atom stereocenters. The standard InChI is InChI=1S/C18H25N5O3S/c1-13-17(27-12-19-13)18(25)22-6-4-5-14(11-22)23-16(24)9-15(10-20-23)21(2)7-8-26-3/h9-10,12,14H,4-8,11H2,1-3H3. The minimum atomic E-state index is -0.148. The van der Waals surface area contributed by atoms with E-state index in [2.05, 4.69) is 10.1 Å². The van der Waals surface area contributed by atoms with E-state index in [1.165, 1.54) is 16.0 Å². The van der Waals surface area contributed by atoms with E-state index in [0.29, 0.717) is 31.1 Å². The van der Waals surface area contributed by atoms with E-state index >= 15 is 0 Å². The Labute approximate surface area is 162 Å². The van der Waals surface area contributed by atoms with Gasteiger partial charge in [0, 0.05) is 39.9 Å². The summed E-state index contributed by atoms with van der Waals surface area (Å²) in [7, 11) is 3.55. The van der Waals surface area contributed by atoms with Crippen molar-refractivity contribution in [1.82, 2.24) is 19.7 Å². The lowest BCUT2D eigenvalue weighted by atomic mass is 10.1. The highest BCUT2D eigenvalue weighted by molar-refractivity contribution is 7.11. The number of carbonyl (C=O) groups is 1. The summed E-state index contributed by atoms with van der Waals surface area (Å²) in [5.74, 6) is -0.0105. The van der Waals surface area contributed by atoms with Crippen LogP contribution in [-0.4, -0.2) is 66.0 Å². The summed E-state index contributed by atoms with van der Waals surface area (Å²) in [5.41, 5.74) is 3.06. The molecule has 1 aliphatic heterocycles. The molecule has 8 nitrogen and oxygen atoms in total. The first-order valence-corrected chi connectivity index (χ1v) is 9.87. The normalized spacial score (nSPS) is 17.1. The molecule has 0 bridgehead atoms. The number of likely N-dealkylation sites (tertiary alicyclic amines) is 1. The van der Waals surface area contributed by atoms with E-state index in [1.807, 2.05) is 18.9 Å². The van der Waals surface area contributed by atoms with E-state index in [4.69, 9.17) is 4.74 Å². The molecule has 0 N–H and O–H groups in total. The molecular weight excluding hydrogens is 366 g/mol. The molecule has 9 heteroatoms. The van der Waals surface area contributed by atoms with Gasteiger partial charge in [-0.1, -0.05) is 0 Å². The molecular formula is C18H25N5O3S. The molecule has 2 aromatic heterocycles. The van der Waals surface area contributed by atoms with Crippen LogP contribution in [0, 0.1) is 6.92 Å². The van der Waals surface area contributed by atoms with Gasteiger partial charge < -0.3 is 14.5 Å². The monoisotopic (exact) mass is 391 g/mol. The summed E-state index contributed by atoms with van der Waals surface area (Å²) < 4.78 is 6.58. The lowest BCUT2D eigenvalue weighted by Gasteiger charge is -2.33. The van der Waals surface area contributed by atoms with Gasteiger partial charge in [-0.3, -0.25) is 9.59 Å². The average molecular weight is 391 g/mol. The second-order valence-electron chi connectivity index (χ2n) is 6.73. The molecule has 0 aliphatic carbocycles. The fourth-order valence-electron chi connectivity index (χ4n) is 3.24. The van der Waals surface area contributed by atoms with Gasteiger partial charge in [0.25, 0.3) is 11.5 Å². The lowest BCUT2D eigenvalue weighted by Crippen LogP contribution is -2.43. The van der Waals surface area contributed by atoms with Gasteiger partial charge in [-0.2, -0.15) is 5.10 Å². The maximum absolute atomic E-state index is 12.8. The molecule has 3 rings (SSSR count). The minimum absolute atomic E-state index is 0.0105. The number of aromatic nitrogens is 3. The first kappa shape index (κ1) is 19.5. The van der Waals surface area contributed by atoms with Crippen LogP contribution in [0.4, 0.5) is 5.69 Å². The predicted molar refractivity (Wildman–Crippen MR) is 105 cm³/mol. The number of rotatable bonds is 6. The number of ether oxygens (including phenoxy) is 1. The zero-order valence-electron chi connectivity index (χ0n) is 15.9. The van der Waals surface area contributed by atoms with Gasteiger partial charge in [-0.15, -0.1) is 11.3 Å². The van der Waals surface area contributed by atoms with Crippen molar-refractivity contribution in [2.75, 3.05) is 45.3 Å². The van der Waals surface area contributed by atoms with Crippen molar-refractivity contribution in [1.29, 1.82) is 0 Å². The molecule has 0 spiro atoms. The molecule has 1 saturated heterocycles. The lowest BCUT2D eigenvalue weighted by molar-refractivity contribution is 0.0674. The van der Waals surface area contributed by atoms with E-state index in [9.17, 15) is 9.59 Å². The molecule has 3 heterocycles. The number of likely N-dealkylation sites (N-methyl/N-ethyl adjacent to an activating group) is 1. The number of nitrogens with zero attached hydrogens (tertiary/aromatic N) is 5. The molecule has 1 atom stereocenters. The Morgan fingerprint density at radius 2 is 2.30 bits per heavy atom. The average Bonchev–Trinajstić information content (AvgIpc) is 3.11. The van der Waals surface area contributed by atoms with Gasteiger partial charge in [0.15, 0.2) is 0 Å². The number of thiazole rings is 1. The number of methoxy groups -OCH3 is 1. The molecule has 1 amide bonds. The van der Waals surface area contributed by atoms with Gasteiger partial charge in [0.05, 0.1) is 35.7 Å². The van der Waals surface area contributed by atoms with Gasteiger partial charge >= 0.3 is 0 Å². The van der Waals surface area contributed by atoms with Crippen LogP contribution in [0.2, 0.25) is 0 Å². The number of carbonyl (C=O) groups excluding carboxylic acids is 1. The summed E-state index contributed by atoms with van der Waals surface area (Å²) in [6.45, 7) is 4.29. The third kappa shape index (κ3) is 4.36. The fraction of sp³-hybridized carbons (Fsp3) is 0.556. The Morgan fingerprint density at radius 1 is 1.48 bits per heavy atom. The van der Waals surface area contributed by atoms with Crippen LogP contribution in [0.15, 0.2) is 22.6 Å². The quantitative estimate of drug-likeness (QED) is 0.744. The number of piperidine rings is 1. The van der Waals surface area contributed by atoms with Crippen LogP contribution < -0.4 is 10.5 Å². The molecule has 146 valence electrons. The first-order valence-electron chi connectivity index (χ1n) is 8.99. The predicted octanol–water partition coefficient (Wildman–Crippen LogP) is 1.57. The van der Waals surface area contributed by atoms with E-state index < -0.39 is 0 Å². The molecule has 2 aromatic rings. The molecule has 1 fully saturated rings. The van der Waals surface area contributed by atoms with Crippen LogP contribution in [-0.2, 0) is 4.74 Å². The number of hydrogen-bond acceptors (Lipinski definition) is 7. The topological polar surface area (TPSA) is 80.6 Å². The van der Waals surface area contributed by atoms with Gasteiger partial charge in [0.2, 0.25) is 0 Å². The van der Waals surface area contributed by atoms with Gasteiger partial charge in [-0.25, -0.2) is 9.67 Å². The van der Waals surface area contributed by atoms with E-state index in [-0.39, 0.29) is 17.5 Å². The number of aryl methyl sites for hydroxylation is 1. The van der Waals surface area contributed by atoms with Crippen LogP contribution >= 0.6 is 11.3 Å². The molecule has 0 saturated carbocycles. The second-order valence-corrected chi connectivity index (χ2v) is 7.58. The molecule has 0 aromatic carbocycles. The number of hydrogen-bond donors (Lipinski definition) is 0. The molecule has 1 aliphatic rings. The Balaban J connectivity index is 1.73. The van der Waals surface area contributed by atoms with Gasteiger partial charge in [0.1, 0.15) is 4.88 Å². The summed E-state index contributed by atoms with van der Waals surface area (Å²) in [6, 6.07) is 1.48. The van der Waals surface area contributed by atoms with E-state index in [0.717, 1.165) is 24.2 Å². The number of anilines is 1.